The van der Waals surface area contributed by atoms with Crippen LogP contribution in [0, 0.1) is 0 Å². The molecule has 1 aliphatic heterocycles. The Bertz CT molecular complexity index is 3320. The molecule has 2 unspecified atom stereocenters. The number of aromatic nitrogens is 1. The van der Waals surface area contributed by atoms with Gasteiger partial charge in [-0.1, -0.05) is 140 Å². The molecule has 5 nitrogen and oxygen atoms in total. The fraction of sp³-hybridized carbons (Fsp3) is 0.0392. The topological polar surface area (TPSA) is 54.5 Å². The van der Waals surface area contributed by atoms with Crippen molar-refractivity contribution < 1.29 is 4.42 Å². The molecule has 12 rings (SSSR count). The highest BCUT2D eigenvalue weighted by Gasteiger charge is 2.26. The predicted molar refractivity (Wildman–Crippen MR) is 238 cm³/mol. The van der Waals surface area contributed by atoms with Crippen molar-refractivity contribution in [2.75, 3.05) is 0 Å². The smallest absolute Gasteiger partial charge is 0.136 e. The SMILES string of the molecule is c1ccc(C2=NC(c3ccc4c(c3)oc3cc(-c5cccc6c5sc5cc(-n7c8ccccc8c8ccccc87)ccc56)ccc34)NC(c3ccccc3)N2)cc1. The van der Waals surface area contributed by atoms with Gasteiger partial charge in [-0.05, 0) is 64.7 Å². The highest BCUT2D eigenvalue weighted by atomic mass is 32.1. The summed E-state index contributed by atoms with van der Waals surface area (Å²) in [7, 11) is 0. The summed E-state index contributed by atoms with van der Waals surface area (Å²) in [6, 6.07) is 64.9. The van der Waals surface area contributed by atoms with Crippen molar-refractivity contribution in [3.05, 3.63) is 199 Å². The Morgan fingerprint density at radius 3 is 1.96 bits per heavy atom. The first-order valence-corrected chi connectivity index (χ1v) is 20.2. The second-order valence-electron chi connectivity index (χ2n) is 14.8. The van der Waals surface area contributed by atoms with E-state index in [9.17, 15) is 0 Å². The first-order valence-electron chi connectivity index (χ1n) is 19.3. The van der Waals surface area contributed by atoms with Crippen LogP contribution in [-0.4, -0.2) is 10.4 Å². The number of aliphatic imine (C=N–C) groups is 1. The van der Waals surface area contributed by atoms with Gasteiger partial charge in [0.1, 0.15) is 29.3 Å². The predicted octanol–water partition coefficient (Wildman–Crippen LogP) is 13.1. The fourth-order valence-electron chi connectivity index (χ4n) is 8.77. The lowest BCUT2D eigenvalue weighted by atomic mass is 10.0. The van der Waals surface area contributed by atoms with Crippen molar-refractivity contribution in [3.63, 3.8) is 0 Å². The van der Waals surface area contributed by atoms with Gasteiger partial charge in [0.15, 0.2) is 0 Å². The lowest BCUT2D eigenvalue weighted by Crippen LogP contribution is -2.44. The molecule has 1 aliphatic rings. The van der Waals surface area contributed by atoms with Gasteiger partial charge >= 0.3 is 0 Å². The van der Waals surface area contributed by atoms with E-state index in [0.29, 0.717) is 0 Å². The Balaban J connectivity index is 0.928. The number of hydrogen-bond acceptors (Lipinski definition) is 5. The summed E-state index contributed by atoms with van der Waals surface area (Å²) in [6.07, 6.45) is -0.365. The molecule has 0 amide bonds. The van der Waals surface area contributed by atoms with E-state index in [1.54, 1.807) is 0 Å². The molecule has 2 N–H and O–H groups in total. The summed E-state index contributed by atoms with van der Waals surface area (Å²) >= 11 is 1.86. The zero-order chi connectivity index (χ0) is 37.5. The number of para-hydroxylation sites is 2. The van der Waals surface area contributed by atoms with Crippen LogP contribution in [0.1, 0.15) is 29.0 Å². The number of nitrogens with one attached hydrogen (secondary N) is 2. The largest absolute Gasteiger partial charge is 0.456 e. The number of furan rings is 1. The molecular weight excluding hydrogens is 717 g/mol. The molecule has 0 aliphatic carbocycles. The van der Waals surface area contributed by atoms with Crippen molar-refractivity contribution in [1.82, 2.24) is 15.2 Å². The van der Waals surface area contributed by atoms with Crippen LogP contribution in [0.3, 0.4) is 0 Å². The van der Waals surface area contributed by atoms with Gasteiger partial charge in [0, 0.05) is 53.0 Å². The molecule has 3 aromatic heterocycles. The van der Waals surface area contributed by atoms with E-state index >= 15 is 0 Å². The van der Waals surface area contributed by atoms with Crippen LogP contribution in [0.5, 0.6) is 0 Å². The van der Waals surface area contributed by atoms with Crippen LogP contribution >= 0.6 is 11.3 Å². The van der Waals surface area contributed by atoms with Crippen molar-refractivity contribution in [1.29, 1.82) is 0 Å². The number of thiophene rings is 1. The van der Waals surface area contributed by atoms with Gasteiger partial charge in [-0.15, -0.1) is 11.3 Å². The van der Waals surface area contributed by atoms with Crippen LogP contribution in [-0.2, 0) is 0 Å². The molecule has 0 saturated carbocycles. The van der Waals surface area contributed by atoms with Gasteiger partial charge in [-0.3, -0.25) is 5.32 Å². The average molecular weight is 751 g/mol. The number of benzene rings is 8. The highest BCUT2D eigenvalue weighted by Crippen LogP contribution is 2.43. The third kappa shape index (κ3) is 5.22. The molecule has 0 radical (unpaired) electrons. The maximum Gasteiger partial charge on any atom is 0.136 e. The molecule has 0 saturated heterocycles. The minimum absolute atomic E-state index is 0.102. The van der Waals surface area contributed by atoms with Crippen LogP contribution in [0.25, 0.3) is 80.7 Å². The molecule has 0 fully saturated rings. The monoisotopic (exact) mass is 750 g/mol. The summed E-state index contributed by atoms with van der Waals surface area (Å²) in [6.45, 7) is 0. The number of amidine groups is 1. The Morgan fingerprint density at radius 1 is 0.509 bits per heavy atom. The minimum atomic E-state index is -0.263. The summed E-state index contributed by atoms with van der Waals surface area (Å²) in [5.74, 6) is 0.862. The van der Waals surface area contributed by atoms with Crippen LogP contribution in [0.4, 0.5) is 0 Å². The van der Waals surface area contributed by atoms with Gasteiger partial charge in [0.2, 0.25) is 0 Å². The molecule has 6 heteroatoms. The summed E-state index contributed by atoms with van der Waals surface area (Å²) in [5.41, 5.74) is 11.0. The van der Waals surface area contributed by atoms with Crippen molar-refractivity contribution in [2.24, 2.45) is 4.99 Å². The average Bonchev–Trinajstić information content (AvgIpc) is 3.95. The van der Waals surface area contributed by atoms with E-state index < -0.39 is 0 Å². The van der Waals surface area contributed by atoms with Crippen LogP contribution in [0.15, 0.2) is 191 Å². The second-order valence-corrected chi connectivity index (χ2v) is 15.9. The Labute approximate surface area is 332 Å². The molecule has 0 spiro atoms. The molecule has 11 aromatic rings. The first-order chi connectivity index (χ1) is 28.2. The molecule has 8 aromatic carbocycles. The zero-order valence-electron chi connectivity index (χ0n) is 30.7. The third-order valence-electron chi connectivity index (χ3n) is 11.5. The van der Waals surface area contributed by atoms with E-state index in [0.717, 1.165) is 50.0 Å². The first kappa shape index (κ1) is 32.3. The Morgan fingerprint density at radius 2 is 1.18 bits per heavy atom. The van der Waals surface area contributed by atoms with Gasteiger partial charge in [-0.2, -0.15) is 0 Å². The number of fused-ring (bicyclic) bond motifs is 9. The van der Waals surface area contributed by atoms with Gasteiger partial charge in [0.05, 0.1) is 11.0 Å². The maximum atomic E-state index is 6.68. The lowest BCUT2D eigenvalue weighted by Gasteiger charge is -2.32. The maximum absolute atomic E-state index is 6.68. The van der Waals surface area contributed by atoms with E-state index in [-0.39, 0.29) is 12.3 Å². The van der Waals surface area contributed by atoms with E-state index in [1.165, 1.54) is 53.2 Å². The molecular formula is C51H34N4OS. The standard InChI is InChI=1S/C51H34N4OS/c1-3-12-31(13-4-1)49-52-50(32-14-5-2-6-15-32)54-51(53-49)34-23-26-40-39-25-22-33(28-45(39)56-46(40)29-34)36-18-11-19-42-41-27-24-35(30-47(41)57-48(36)42)55-43-20-9-7-16-37(43)38-17-8-10-21-44(38)55/h1-30,49,51,53H,(H,52,54). The highest BCUT2D eigenvalue weighted by molar-refractivity contribution is 7.26. The molecule has 270 valence electrons. The second kappa shape index (κ2) is 12.8. The minimum Gasteiger partial charge on any atom is -0.456 e. The quantitative estimate of drug-likeness (QED) is 0.184. The van der Waals surface area contributed by atoms with Crippen LogP contribution < -0.4 is 10.6 Å². The molecule has 57 heavy (non-hydrogen) atoms. The van der Waals surface area contributed by atoms with Gasteiger partial charge in [0.25, 0.3) is 0 Å². The fourth-order valence-corrected chi connectivity index (χ4v) is 10.0. The lowest BCUT2D eigenvalue weighted by molar-refractivity contribution is 0.409. The van der Waals surface area contributed by atoms with Gasteiger partial charge in [-0.25, -0.2) is 4.99 Å². The molecule has 0 bridgehead atoms. The number of rotatable bonds is 5. The van der Waals surface area contributed by atoms with Gasteiger partial charge < -0.3 is 14.3 Å². The summed E-state index contributed by atoms with van der Waals surface area (Å²) in [5, 5.41) is 14.6. The number of nitrogens with zero attached hydrogens (tertiary/aromatic N) is 2. The van der Waals surface area contributed by atoms with Crippen LogP contribution in [0.2, 0.25) is 0 Å². The summed E-state index contributed by atoms with van der Waals surface area (Å²) < 4.78 is 11.6. The van der Waals surface area contributed by atoms with E-state index in [4.69, 9.17) is 9.41 Å². The van der Waals surface area contributed by atoms with Crippen molar-refractivity contribution in [3.8, 4) is 16.8 Å². The Hall–Kier alpha value is -6.99. The summed E-state index contributed by atoms with van der Waals surface area (Å²) in [4.78, 5) is 5.16. The van der Waals surface area contributed by atoms with Crippen molar-refractivity contribution >= 4 is 81.1 Å². The van der Waals surface area contributed by atoms with E-state index in [1.807, 2.05) is 35.6 Å². The zero-order valence-corrected chi connectivity index (χ0v) is 31.5. The van der Waals surface area contributed by atoms with Crippen molar-refractivity contribution in [2.45, 2.75) is 12.3 Å². The van der Waals surface area contributed by atoms with E-state index in [2.05, 4.69) is 173 Å². The molecule has 2 atom stereocenters. The molecule has 4 heterocycles. The normalized spacial score (nSPS) is 15.9. The third-order valence-corrected chi connectivity index (χ3v) is 12.7. The number of hydrogen-bond donors (Lipinski definition) is 2. The Kier molecular flexibility index (Phi) is 7.24.